The Balaban J connectivity index is 1.79. The van der Waals surface area contributed by atoms with E-state index >= 15 is 0 Å². The number of fused-ring (bicyclic) bond motifs is 4. The van der Waals surface area contributed by atoms with Crippen molar-refractivity contribution in [1.29, 1.82) is 0 Å². The lowest BCUT2D eigenvalue weighted by Crippen LogP contribution is -2.55. The highest BCUT2D eigenvalue weighted by molar-refractivity contribution is 5.97. The van der Waals surface area contributed by atoms with Gasteiger partial charge in [0.1, 0.15) is 18.4 Å². The molecule has 6 nitrogen and oxygen atoms in total. The van der Waals surface area contributed by atoms with Crippen LogP contribution in [0.15, 0.2) is 36.1 Å². The summed E-state index contributed by atoms with van der Waals surface area (Å²) < 4.78 is 9.73. The molecule has 1 fully saturated rings. The van der Waals surface area contributed by atoms with Crippen molar-refractivity contribution in [2.75, 3.05) is 33.8 Å². The summed E-state index contributed by atoms with van der Waals surface area (Å²) in [5.41, 5.74) is 11.4. The molecule has 1 aliphatic heterocycles. The molecule has 2 aromatic rings. The third-order valence-corrected chi connectivity index (χ3v) is 8.30. The summed E-state index contributed by atoms with van der Waals surface area (Å²) in [6.45, 7) is 2.88. The number of nitrogens with two attached hydrogens (primary N) is 1. The minimum atomic E-state index is -0.873. The molecule has 1 saturated carbocycles. The second kappa shape index (κ2) is 9.23. The average Bonchev–Trinajstić information content (AvgIpc) is 3.13. The summed E-state index contributed by atoms with van der Waals surface area (Å²) in [6.07, 6.45) is 12.6. The molecular formula is C28H38N3O3+. The summed E-state index contributed by atoms with van der Waals surface area (Å²) in [5, 5.41) is 11.0. The van der Waals surface area contributed by atoms with Crippen LogP contribution in [0.1, 0.15) is 72.5 Å². The smallest absolute Gasteiger partial charge is 0.335 e. The van der Waals surface area contributed by atoms with E-state index in [1.807, 2.05) is 6.07 Å². The van der Waals surface area contributed by atoms with Gasteiger partial charge in [0, 0.05) is 23.0 Å². The van der Waals surface area contributed by atoms with Crippen molar-refractivity contribution in [3.05, 3.63) is 52.9 Å². The van der Waals surface area contributed by atoms with Gasteiger partial charge < -0.3 is 24.6 Å². The van der Waals surface area contributed by atoms with E-state index in [4.69, 9.17) is 10.5 Å². The van der Waals surface area contributed by atoms with Gasteiger partial charge in [-0.25, -0.2) is 4.79 Å². The van der Waals surface area contributed by atoms with Crippen molar-refractivity contribution in [3.63, 3.8) is 0 Å². The number of benzene rings is 1. The standard InChI is InChI=1S/C28H37N3O3/c1-31(2,15-14-29)21-17-30-24-16-20(28(32)33)12-13-22(24)26(19-8-4-3-5-9-19)27(30)23-10-6-7-11-25(23)34-18-21/h7,11-13,16,19,21H,3-6,8-10,14-15,17-18,29H2,1-2H3/p+1. The highest BCUT2D eigenvalue weighted by Crippen LogP contribution is 2.46. The van der Waals surface area contributed by atoms with Crippen molar-refractivity contribution in [2.45, 2.75) is 63.5 Å². The van der Waals surface area contributed by atoms with Crippen LogP contribution in [-0.2, 0) is 11.3 Å². The highest BCUT2D eigenvalue weighted by atomic mass is 16.5. The van der Waals surface area contributed by atoms with Crippen molar-refractivity contribution in [1.82, 2.24) is 4.57 Å². The summed E-state index contributed by atoms with van der Waals surface area (Å²) in [6, 6.07) is 5.95. The topological polar surface area (TPSA) is 77.5 Å². The van der Waals surface area contributed by atoms with E-state index in [-0.39, 0.29) is 6.04 Å². The summed E-state index contributed by atoms with van der Waals surface area (Å²) >= 11 is 0. The zero-order valence-electron chi connectivity index (χ0n) is 20.6. The number of carbonyl (C=O) groups is 1. The van der Waals surface area contributed by atoms with Crippen LogP contribution in [0.4, 0.5) is 0 Å². The number of likely N-dealkylation sites (N-methyl/N-ethyl adjacent to an activating group) is 1. The number of hydrogen-bond acceptors (Lipinski definition) is 3. The number of hydrogen-bond donors (Lipinski definition) is 2. The van der Waals surface area contributed by atoms with Gasteiger partial charge in [-0.05, 0) is 55.4 Å². The van der Waals surface area contributed by atoms with Crippen LogP contribution in [-0.4, -0.2) is 60.0 Å². The molecule has 34 heavy (non-hydrogen) atoms. The molecule has 1 aromatic carbocycles. The Morgan fingerprint density at radius 3 is 2.76 bits per heavy atom. The van der Waals surface area contributed by atoms with Crippen molar-refractivity contribution in [3.8, 4) is 0 Å². The number of aromatic nitrogens is 1. The van der Waals surface area contributed by atoms with Gasteiger partial charge in [0.2, 0.25) is 0 Å². The van der Waals surface area contributed by atoms with Crippen LogP contribution in [0.25, 0.3) is 16.5 Å². The Morgan fingerprint density at radius 2 is 2.03 bits per heavy atom. The maximum atomic E-state index is 11.9. The molecule has 2 heterocycles. The molecule has 6 heteroatoms. The van der Waals surface area contributed by atoms with E-state index in [2.05, 4.69) is 36.9 Å². The molecule has 1 unspecified atom stereocenters. The third kappa shape index (κ3) is 4.07. The van der Waals surface area contributed by atoms with Crippen LogP contribution < -0.4 is 5.73 Å². The molecule has 0 amide bonds. The van der Waals surface area contributed by atoms with Crippen LogP contribution in [0, 0.1) is 0 Å². The fourth-order valence-electron chi connectivity index (χ4n) is 6.23. The first kappa shape index (κ1) is 23.2. The first-order chi connectivity index (χ1) is 16.4. The van der Waals surface area contributed by atoms with Crippen LogP contribution in [0.3, 0.4) is 0 Å². The summed E-state index contributed by atoms with van der Waals surface area (Å²) in [5.74, 6) is 0.623. The highest BCUT2D eigenvalue weighted by Gasteiger charge is 2.36. The Kier molecular flexibility index (Phi) is 6.30. The van der Waals surface area contributed by atoms with Crippen molar-refractivity contribution in [2.24, 2.45) is 5.73 Å². The summed E-state index contributed by atoms with van der Waals surface area (Å²) in [7, 11) is 4.45. The maximum absolute atomic E-state index is 11.9. The number of quaternary nitrogens is 1. The number of aromatic carboxylic acids is 1. The molecular weight excluding hydrogens is 426 g/mol. The maximum Gasteiger partial charge on any atom is 0.335 e. The molecule has 0 spiro atoms. The van der Waals surface area contributed by atoms with Crippen LogP contribution in [0.5, 0.6) is 0 Å². The van der Waals surface area contributed by atoms with Gasteiger partial charge in [0.25, 0.3) is 0 Å². The van der Waals surface area contributed by atoms with Crippen LogP contribution >= 0.6 is 0 Å². The van der Waals surface area contributed by atoms with Gasteiger partial charge in [0.05, 0.1) is 38.4 Å². The van der Waals surface area contributed by atoms with Gasteiger partial charge in [-0.2, -0.15) is 0 Å². The lowest BCUT2D eigenvalue weighted by atomic mass is 9.81. The second-order valence-electron chi connectivity index (χ2n) is 10.8. The lowest BCUT2D eigenvalue weighted by molar-refractivity contribution is -0.915. The fourth-order valence-corrected chi connectivity index (χ4v) is 6.23. The molecule has 1 atom stereocenters. The Hall–Kier alpha value is -2.57. The predicted molar refractivity (Wildman–Crippen MR) is 136 cm³/mol. The zero-order chi connectivity index (χ0) is 23.9. The van der Waals surface area contributed by atoms with E-state index in [1.165, 1.54) is 54.3 Å². The lowest BCUT2D eigenvalue weighted by Gasteiger charge is -2.40. The van der Waals surface area contributed by atoms with E-state index < -0.39 is 5.97 Å². The number of carboxylic acids is 1. The van der Waals surface area contributed by atoms with Gasteiger partial charge in [0.15, 0.2) is 0 Å². The van der Waals surface area contributed by atoms with E-state index in [0.717, 1.165) is 41.7 Å². The van der Waals surface area contributed by atoms with Gasteiger partial charge in [-0.3, -0.25) is 0 Å². The van der Waals surface area contributed by atoms with Gasteiger partial charge in [-0.1, -0.05) is 31.4 Å². The molecule has 2 aliphatic carbocycles. The van der Waals surface area contributed by atoms with E-state index in [1.54, 1.807) is 6.07 Å². The van der Waals surface area contributed by atoms with Gasteiger partial charge >= 0.3 is 5.97 Å². The summed E-state index contributed by atoms with van der Waals surface area (Å²) in [4.78, 5) is 11.9. The fraction of sp³-hybridized carbons (Fsp3) is 0.536. The van der Waals surface area contributed by atoms with E-state index in [0.29, 0.717) is 24.6 Å². The monoisotopic (exact) mass is 464 g/mol. The number of carboxylic acid groups (broad SMARTS) is 1. The molecule has 0 bridgehead atoms. The van der Waals surface area contributed by atoms with Crippen molar-refractivity contribution >= 4 is 22.4 Å². The van der Waals surface area contributed by atoms with Crippen molar-refractivity contribution < 1.29 is 19.1 Å². The normalized spacial score (nSPS) is 21.6. The molecule has 3 N–H and O–H groups in total. The average molecular weight is 465 g/mol. The molecule has 5 rings (SSSR count). The van der Waals surface area contributed by atoms with E-state index in [9.17, 15) is 9.90 Å². The van der Waals surface area contributed by atoms with Gasteiger partial charge in [-0.15, -0.1) is 0 Å². The zero-order valence-corrected chi connectivity index (χ0v) is 20.6. The SMILES string of the molecule is C[N+](C)(CCN)C1COC2=C(CCC=C2)c2c(C3CCCCC3)c3ccc(C(=O)O)cc3n2C1. The Labute approximate surface area is 202 Å². The first-order valence-corrected chi connectivity index (χ1v) is 12.9. The Bertz CT molecular complexity index is 1150. The predicted octanol–water partition coefficient (Wildman–Crippen LogP) is 4.88. The minimum Gasteiger partial charge on any atom is -0.487 e. The molecule has 1 aromatic heterocycles. The number of nitrogens with zero attached hydrogens (tertiary/aromatic N) is 2. The molecule has 182 valence electrons. The minimum absolute atomic E-state index is 0.204. The molecule has 3 aliphatic rings. The van der Waals surface area contributed by atoms with Crippen LogP contribution in [0.2, 0.25) is 0 Å². The third-order valence-electron chi connectivity index (χ3n) is 8.30. The number of ether oxygens (including phenoxy) is 1. The quantitative estimate of drug-likeness (QED) is 0.618. The Morgan fingerprint density at radius 1 is 1.24 bits per heavy atom. The molecule has 0 radical (unpaired) electrons. The number of rotatable bonds is 5. The largest absolute Gasteiger partial charge is 0.487 e. The molecule has 0 saturated heterocycles. The second-order valence-corrected chi connectivity index (χ2v) is 10.8. The number of allylic oxidation sites excluding steroid dienone is 3. The first-order valence-electron chi connectivity index (χ1n) is 12.9.